The Morgan fingerprint density at radius 1 is 1.10 bits per heavy atom. The Morgan fingerprint density at radius 2 is 1.81 bits per heavy atom. The van der Waals surface area contributed by atoms with Crippen molar-refractivity contribution in [1.82, 2.24) is 9.97 Å². The lowest BCUT2D eigenvalue weighted by Gasteiger charge is -2.13. The number of benzene rings is 1. The van der Waals surface area contributed by atoms with E-state index in [2.05, 4.69) is 61.6 Å². The summed E-state index contributed by atoms with van der Waals surface area (Å²) in [5.41, 5.74) is 3.35. The molecule has 21 heavy (non-hydrogen) atoms. The van der Waals surface area contributed by atoms with Crippen LogP contribution in [-0.4, -0.2) is 22.8 Å². The summed E-state index contributed by atoms with van der Waals surface area (Å²) >= 11 is 1.74. The number of aryl methyl sites for hydroxylation is 1. The van der Waals surface area contributed by atoms with Crippen LogP contribution in [0, 0.1) is 6.92 Å². The molecule has 1 aromatic heterocycles. The van der Waals surface area contributed by atoms with E-state index in [1.54, 1.807) is 11.8 Å². The lowest BCUT2D eigenvalue weighted by Crippen LogP contribution is -2.09. The van der Waals surface area contributed by atoms with Crippen molar-refractivity contribution in [3.63, 3.8) is 0 Å². The van der Waals surface area contributed by atoms with E-state index in [9.17, 15) is 0 Å². The molecule has 1 heterocycles. The zero-order valence-electron chi connectivity index (χ0n) is 13.2. The van der Waals surface area contributed by atoms with Gasteiger partial charge < -0.3 is 5.32 Å². The van der Waals surface area contributed by atoms with Crippen molar-refractivity contribution >= 4 is 17.6 Å². The minimum Gasteiger partial charge on any atom is -0.370 e. The SMILES string of the molecule is CCCNc1nc(-c2ccc(SC)cc2)nc(C)c1CC. The van der Waals surface area contributed by atoms with Crippen molar-refractivity contribution in [3.8, 4) is 11.4 Å². The third-order valence-corrected chi connectivity index (χ3v) is 4.20. The van der Waals surface area contributed by atoms with Gasteiger partial charge in [0.05, 0.1) is 0 Å². The van der Waals surface area contributed by atoms with E-state index in [1.807, 2.05) is 0 Å². The first-order valence-corrected chi connectivity index (χ1v) is 8.67. The molecule has 0 radical (unpaired) electrons. The van der Waals surface area contributed by atoms with E-state index >= 15 is 0 Å². The second kappa shape index (κ2) is 7.46. The molecule has 0 aliphatic rings. The largest absolute Gasteiger partial charge is 0.370 e. The van der Waals surface area contributed by atoms with E-state index in [-0.39, 0.29) is 0 Å². The van der Waals surface area contributed by atoms with Gasteiger partial charge >= 0.3 is 0 Å². The standard InChI is InChI=1S/C17H23N3S/c1-5-11-18-17-15(6-2)12(3)19-16(20-17)13-7-9-14(21-4)10-8-13/h7-10H,5-6,11H2,1-4H3,(H,18,19,20). The second-order valence-electron chi connectivity index (χ2n) is 4.97. The maximum Gasteiger partial charge on any atom is 0.161 e. The van der Waals surface area contributed by atoms with Crippen LogP contribution in [0.5, 0.6) is 0 Å². The fraction of sp³-hybridized carbons (Fsp3) is 0.412. The molecular formula is C17H23N3S. The number of aromatic nitrogens is 2. The van der Waals surface area contributed by atoms with Gasteiger partial charge in [0.2, 0.25) is 0 Å². The van der Waals surface area contributed by atoms with Crippen LogP contribution in [0.4, 0.5) is 5.82 Å². The predicted molar refractivity (Wildman–Crippen MR) is 92.1 cm³/mol. The highest BCUT2D eigenvalue weighted by atomic mass is 32.2. The molecule has 0 saturated heterocycles. The number of thioether (sulfide) groups is 1. The van der Waals surface area contributed by atoms with Gasteiger partial charge in [0.1, 0.15) is 5.82 Å². The Labute approximate surface area is 131 Å². The molecular weight excluding hydrogens is 278 g/mol. The summed E-state index contributed by atoms with van der Waals surface area (Å²) in [6, 6.07) is 8.42. The van der Waals surface area contributed by atoms with Crippen LogP contribution in [0.15, 0.2) is 29.2 Å². The third-order valence-electron chi connectivity index (χ3n) is 3.46. The van der Waals surface area contributed by atoms with E-state index in [0.29, 0.717) is 0 Å². The van der Waals surface area contributed by atoms with Crippen molar-refractivity contribution < 1.29 is 0 Å². The molecule has 0 atom stereocenters. The molecule has 0 unspecified atom stereocenters. The molecule has 0 bridgehead atoms. The van der Waals surface area contributed by atoms with Gasteiger partial charge in [-0.1, -0.05) is 26.0 Å². The van der Waals surface area contributed by atoms with Crippen molar-refractivity contribution in [3.05, 3.63) is 35.5 Å². The Balaban J connectivity index is 2.40. The summed E-state index contributed by atoms with van der Waals surface area (Å²) < 4.78 is 0. The van der Waals surface area contributed by atoms with Gasteiger partial charge in [-0.2, -0.15) is 0 Å². The number of nitrogens with zero attached hydrogens (tertiary/aromatic N) is 2. The first kappa shape index (κ1) is 15.8. The van der Waals surface area contributed by atoms with Gasteiger partial charge in [0.25, 0.3) is 0 Å². The molecule has 3 nitrogen and oxygen atoms in total. The quantitative estimate of drug-likeness (QED) is 0.794. The molecule has 4 heteroatoms. The normalized spacial score (nSPS) is 10.7. The molecule has 1 aromatic carbocycles. The van der Waals surface area contributed by atoms with E-state index in [1.165, 1.54) is 10.5 Å². The third kappa shape index (κ3) is 3.76. The minimum absolute atomic E-state index is 0.802. The summed E-state index contributed by atoms with van der Waals surface area (Å²) in [5.74, 6) is 1.78. The molecule has 2 aromatic rings. The van der Waals surface area contributed by atoms with Crippen LogP contribution < -0.4 is 5.32 Å². The van der Waals surface area contributed by atoms with Crippen molar-refractivity contribution in [2.24, 2.45) is 0 Å². The van der Waals surface area contributed by atoms with Crippen LogP contribution in [0.25, 0.3) is 11.4 Å². The van der Waals surface area contributed by atoms with Crippen molar-refractivity contribution in [2.45, 2.75) is 38.5 Å². The maximum absolute atomic E-state index is 4.74. The van der Waals surface area contributed by atoms with Gasteiger partial charge in [-0.3, -0.25) is 0 Å². The van der Waals surface area contributed by atoms with E-state index in [0.717, 1.165) is 42.3 Å². The molecule has 0 aliphatic carbocycles. The summed E-state index contributed by atoms with van der Waals surface area (Å²) in [7, 11) is 0. The second-order valence-corrected chi connectivity index (χ2v) is 5.85. The van der Waals surface area contributed by atoms with Gasteiger partial charge in [0, 0.05) is 28.3 Å². The molecule has 1 N–H and O–H groups in total. The van der Waals surface area contributed by atoms with Crippen LogP contribution in [0.1, 0.15) is 31.5 Å². The number of anilines is 1. The number of rotatable bonds is 6. The monoisotopic (exact) mass is 301 g/mol. The number of hydrogen-bond donors (Lipinski definition) is 1. The molecule has 2 rings (SSSR count). The summed E-state index contributed by atoms with van der Waals surface area (Å²) in [6.07, 6.45) is 4.12. The molecule has 0 aliphatic heterocycles. The summed E-state index contributed by atoms with van der Waals surface area (Å²) in [6.45, 7) is 7.32. The zero-order valence-corrected chi connectivity index (χ0v) is 14.0. The van der Waals surface area contributed by atoms with Crippen LogP contribution in [0.2, 0.25) is 0 Å². The number of hydrogen-bond acceptors (Lipinski definition) is 4. The average Bonchev–Trinajstić information content (AvgIpc) is 2.52. The summed E-state index contributed by atoms with van der Waals surface area (Å²) in [5, 5.41) is 3.43. The molecule has 0 saturated carbocycles. The first-order valence-electron chi connectivity index (χ1n) is 7.45. The molecule has 0 spiro atoms. The Hall–Kier alpha value is -1.55. The molecule has 112 valence electrons. The van der Waals surface area contributed by atoms with Gasteiger partial charge in [-0.05, 0) is 38.2 Å². The van der Waals surface area contributed by atoms with Gasteiger partial charge in [-0.25, -0.2) is 9.97 Å². The van der Waals surface area contributed by atoms with Crippen LogP contribution >= 0.6 is 11.8 Å². The van der Waals surface area contributed by atoms with E-state index in [4.69, 9.17) is 4.98 Å². The van der Waals surface area contributed by atoms with Crippen molar-refractivity contribution in [1.29, 1.82) is 0 Å². The highest BCUT2D eigenvalue weighted by Gasteiger charge is 2.11. The van der Waals surface area contributed by atoms with Crippen LogP contribution in [-0.2, 0) is 6.42 Å². The van der Waals surface area contributed by atoms with Gasteiger partial charge in [0.15, 0.2) is 5.82 Å². The fourth-order valence-corrected chi connectivity index (χ4v) is 2.69. The topological polar surface area (TPSA) is 37.8 Å². The Morgan fingerprint density at radius 3 is 2.38 bits per heavy atom. The Bertz CT molecular complexity index is 594. The average molecular weight is 301 g/mol. The van der Waals surface area contributed by atoms with Gasteiger partial charge in [-0.15, -0.1) is 11.8 Å². The minimum atomic E-state index is 0.802. The van der Waals surface area contributed by atoms with E-state index < -0.39 is 0 Å². The summed E-state index contributed by atoms with van der Waals surface area (Å²) in [4.78, 5) is 10.7. The lowest BCUT2D eigenvalue weighted by molar-refractivity contribution is 0.938. The maximum atomic E-state index is 4.74. The highest BCUT2D eigenvalue weighted by molar-refractivity contribution is 7.98. The van der Waals surface area contributed by atoms with Crippen molar-refractivity contribution in [2.75, 3.05) is 18.1 Å². The molecule has 0 fully saturated rings. The molecule has 0 amide bonds. The lowest BCUT2D eigenvalue weighted by atomic mass is 10.1. The highest BCUT2D eigenvalue weighted by Crippen LogP contribution is 2.24. The smallest absolute Gasteiger partial charge is 0.161 e. The fourth-order valence-electron chi connectivity index (χ4n) is 2.28. The number of nitrogens with one attached hydrogen (secondary N) is 1. The Kier molecular flexibility index (Phi) is 5.62. The zero-order chi connectivity index (χ0) is 15.2. The predicted octanol–water partition coefficient (Wildman–Crippen LogP) is 4.56. The van der Waals surface area contributed by atoms with Crippen LogP contribution in [0.3, 0.4) is 0 Å². The first-order chi connectivity index (χ1) is 10.2.